The third-order valence-electron chi connectivity index (χ3n) is 5.39. The summed E-state index contributed by atoms with van der Waals surface area (Å²) in [7, 11) is 3.56. The van der Waals surface area contributed by atoms with Crippen LogP contribution in [0.15, 0.2) is 61.2 Å². The Kier molecular flexibility index (Phi) is 12.8. The molecule has 0 aliphatic heterocycles. The van der Waals surface area contributed by atoms with Crippen molar-refractivity contribution in [2.75, 3.05) is 53.4 Å². The molecule has 0 fully saturated rings. The van der Waals surface area contributed by atoms with Crippen molar-refractivity contribution < 1.29 is 14.4 Å². The minimum atomic E-state index is -0.282. The number of carbonyl (C=O) groups excluding carboxylic acids is 3. The smallest absolute Gasteiger partial charge is 0.318 e. The summed E-state index contributed by atoms with van der Waals surface area (Å²) >= 11 is 0. The molecule has 194 valence electrons. The van der Waals surface area contributed by atoms with Gasteiger partial charge in [-0.3, -0.25) is 15.1 Å². The highest BCUT2D eigenvalue weighted by atomic mass is 16.2. The number of benzene rings is 1. The quantitative estimate of drug-likeness (QED) is 0.183. The first-order chi connectivity index (χ1) is 17.5. The molecule has 0 saturated carbocycles. The van der Waals surface area contributed by atoms with Gasteiger partial charge in [-0.15, -0.1) is 6.58 Å². The number of hydrazine groups is 1. The third kappa shape index (κ3) is 10.3. The monoisotopic (exact) mass is 495 g/mol. The molecule has 0 unspecified atom stereocenters. The molecule has 3 amide bonds. The van der Waals surface area contributed by atoms with Gasteiger partial charge in [0.05, 0.1) is 12.2 Å². The first kappa shape index (κ1) is 28.6. The van der Waals surface area contributed by atoms with E-state index in [-0.39, 0.29) is 18.5 Å². The Hall–Kier alpha value is -3.60. The number of likely N-dealkylation sites (N-methyl/N-ethyl adjacent to an activating group) is 1. The van der Waals surface area contributed by atoms with Gasteiger partial charge in [0.15, 0.2) is 0 Å². The highest BCUT2D eigenvalue weighted by Gasteiger charge is 2.14. The first-order valence-electron chi connectivity index (χ1n) is 11.9. The summed E-state index contributed by atoms with van der Waals surface area (Å²) in [4.78, 5) is 43.5. The van der Waals surface area contributed by atoms with Gasteiger partial charge < -0.3 is 20.3 Å². The van der Waals surface area contributed by atoms with Gasteiger partial charge in [0.1, 0.15) is 12.0 Å². The van der Waals surface area contributed by atoms with E-state index in [1.807, 2.05) is 54.5 Å². The van der Waals surface area contributed by atoms with Crippen molar-refractivity contribution in [3.05, 3.63) is 78.1 Å². The molecule has 0 bridgehead atoms. The van der Waals surface area contributed by atoms with Crippen molar-refractivity contribution in [3.8, 4) is 0 Å². The Labute approximate surface area is 213 Å². The number of carbonyl (C=O) groups is 3. The summed E-state index contributed by atoms with van der Waals surface area (Å²) in [6.45, 7) is 7.71. The minimum absolute atomic E-state index is 0.0212. The number of urea groups is 1. The maximum Gasteiger partial charge on any atom is 0.318 e. The van der Waals surface area contributed by atoms with E-state index in [0.717, 1.165) is 24.1 Å². The summed E-state index contributed by atoms with van der Waals surface area (Å²) in [6, 6.07) is 14.8. The van der Waals surface area contributed by atoms with Crippen molar-refractivity contribution in [1.29, 1.82) is 0 Å². The van der Waals surface area contributed by atoms with Crippen LogP contribution in [0.2, 0.25) is 0 Å². The topological polar surface area (TPSA) is 110 Å². The fourth-order valence-corrected chi connectivity index (χ4v) is 3.46. The van der Waals surface area contributed by atoms with Gasteiger partial charge in [-0.2, -0.15) is 0 Å². The van der Waals surface area contributed by atoms with Crippen LogP contribution < -0.4 is 16.1 Å². The van der Waals surface area contributed by atoms with Gasteiger partial charge in [-0.05, 0) is 24.7 Å². The summed E-state index contributed by atoms with van der Waals surface area (Å²) in [5, 5.41) is 7.42. The molecule has 0 atom stereocenters. The molecule has 1 heterocycles. The normalized spacial score (nSPS) is 10.8. The summed E-state index contributed by atoms with van der Waals surface area (Å²) < 4.78 is 0. The highest BCUT2D eigenvalue weighted by Crippen LogP contribution is 2.03. The Morgan fingerprint density at radius 1 is 1.03 bits per heavy atom. The lowest BCUT2D eigenvalue weighted by atomic mass is 10.2. The lowest BCUT2D eigenvalue weighted by molar-refractivity contribution is -0.108. The van der Waals surface area contributed by atoms with Gasteiger partial charge in [0, 0.05) is 52.9 Å². The standard InChI is InChI=1S/C26H37N7O3/c1-4-14-33(17-16-32(18-19-34)26(36)28-20-22-9-6-5-7-10-22)29-13-15-31(3)21-23-11-8-12-24(30-23)25(35)27-2/h4-12,19,29H,1,13-18,20-21H2,2-3H3,(H,27,35)(H,28,36). The van der Waals surface area contributed by atoms with Crippen LogP contribution in [0.5, 0.6) is 0 Å². The summed E-state index contributed by atoms with van der Waals surface area (Å²) in [6.07, 6.45) is 2.51. The van der Waals surface area contributed by atoms with Gasteiger partial charge >= 0.3 is 6.03 Å². The van der Waals surface area contributed by atoms with Gasteiger partial charge in [0.25, 0.3) is 5.91 Å². The number of aromatic nitrogens is 1. The van der Waals surface area contributed by atoms with E-state index in [0.29, 0.717) is 45.0 Å². The lowest BCUT2D eigenvalue weighted by Gasteiger charge is -2.27. The van der Waals surface area contributed by atoms with E-state index in [1.54, 1.807) is 19.2 Å². The van der Waals surface area contributed by atoms with E-state index in [1.165, 1.54) is 4.90 Å². The summed E-state index contributed by atoms with van der Waals surface area (Å²) in [5.41, 5.74) is 5.56. The van der Waals surface area contributed by atoms with Crippen LogP contribution >= 0.6 is 0 Å². The van der Waals surface area contributed by atoms with Crippen molar-refractivity contribution in [2.45, 2.75) is 13.1 Å². The number of nitrogens with zero attached hydrogens (tertiary/aromatic N) is 4. The third-order valence-corrected chi connectivity index (χ3v) is 5.39. The van der Waals surface area contributed by atoms with Gasteiger partial charge in [-0.1, -0.05) is 42.5 Å². The average molecular weight is 496 g/mol. The van der Waals surface area contributed by atoms with Gasteiger partial charge in [-0.25, -0.2) is 14.8 Å². The number of hydrogen-bond acceptors (Lipinski definition) is 7. The maximum atomic E-state index is 12.6. The Morgan fingerprint density at radius 3 is 2.50 bits per heavy atom. The molecule has 0 saturated heterocycles. The predicted octanol–water partition coefficient (Wildman–Crippen LogP) is 1.28. The van der Waals surface area contributed by atoms with Crippen LogP contribution in [0.3, 0.4) is 0 Å². The largest absolute Gasteiger partial charge is 0.354 e. The van der Waals surface area contributed by atoms with E-state index in [9.17, 15) is 14.4 Å². The predicted molar refractivity (Wildman–Crippen MR) is 140 cm³/mol. The zero-order chi connectivity index (χ0) is 26.2. The van der Waals surface area contributed by atoms with Gasteiger partial charge in [0.2, 0.25) is 0 Å². The minimum Gasteiger partial charge on any atom is -0.354 e. The molecule has 0 aliphatic carbocycles. The van der Waals surface area contributed by atoms with Crippen LogP contribution in [-0.2, 0) is 17.9 Å². The molecule has 0 aliphatic rings. The van der Waals surface area contributed by atoms with Crippen molar-refractivity contribution >= 4 is 18.2 Å². The van der Waals surface area contributed by atoms with Crippen LogP contribution in [0.25, 0.3) is 0 Å². The number of pyridine rings is 1. The van der Waals surface area contributed by atoms with Crippen LogP contribution in [-0.4, -0.2) is 91.4 Å². The highest BCUT2D eigenvalue weighted by molar-refractivity contribution is 5.91. The average Bonchev–Trinajstić information content (AvgIpc) is 2.89. The second-order valence-electron chi connectivity index (χ2n) is 8.23. The molecule has 2 aromatic rings. The van der Waals surface area contributed by atoms with E-state index in [2.05, 4.69) is 32.5 Å². The van der Waals surface area contributed by atoms with Crippen molar-refractivity contribution in [2.24, 2.45) is 0 Å². The maximum absolute atomic E-state index is 12.6. The SMILES string of the molecule is C=CCN(CCN(CC=O)C(=O)NCc1ccccc1)NCCN(C)Cc1cccc(C(=O)NC)n1. The van der Waals surface area contributed by atoms with Crippen molar-refractivity contribution in [3.63, 3.8) is 0 Å². The van der Waals surface area contributed by atoms with E-state index < -0.39 is 0 Å². The molecule has 1 aromatic carbocycles. The first-order valence-corrected chi connectivity index (χ1v) is 11.9. The van der Waals surface area contributed by atoms with E-state index >= 15 is 0 Å². The molecule has 0 radical (unpaired) electrons. The molecule has 10 heteroatoms. The fraction of sp³-hybridized carbons (Fsp3) is 0.385. The van der Waals surface area contributed by atoms with E-state index in [4.69, 9.17) is 0 Å². The Morgan fingerprint density at radius 2 is 1.81 bits per heavy atom. The number of amides is 3. The zero-order valence-corrected chi connectivity index (χ0v) is 21.2. The molecule has 10 nitrogen and oxygen atoms in total. The lowest BCUT2D eigenvalue weighted by Crippen LogP contribution is -2.48. The second kappa shape index (κ2) is 16.1. The van der Waals surface area contributed by atoms with Crippen LogP contribution in [0.1, 0.15) is 21.7 Å². The number of aldehydes is 1. The van der Waals surface area contributed by atoms with Crippen molar-refractivity contribution in [1.82, 2.24) is 35.9 Å². The number of nitrogens with one attached hydrogen (secondary N) is 3. The molecule has 2 rings (SSSR count). The Balaban J connectivity index is 1.80. The molecular formula is C26H37N7O3. The van der Waals surface area contributed by atoms with Crippen LogP contribution in [0.4, 0.5) is 4.79 Å². The number of hydrogen-bond donors (Lipinski definition) is 3. The van der Waals surface area contributed by atoms with Crippen LogP contribution in [0, 0.1) is 0 Å². The molecule has 36 heavy (non-hydrogen) atoms. The number of rotatable bonds is 16. The molecule has 1 aromatic heterocycles. The molecule has 3 N–H and O–H groups in total. The zero-order valence-electron chi connectivity index (χ0n) is 21.2. The Bertz CT molecular complexity index is 971. The fourth-order valence-electron chi connectivity index (χ4n) is 3.46. The molecular weight excluding hydrogens is 458 g/mol. The molecule has 0 spiro atoms. The second-order valence-corrected chi connectivity index (χ2v) is 8.23. The summed E-state index contributed by atoms with van der Waals surface area (Å²) in [5.74, 6) is -0.210.